The number of guanidine groups is 1. The van der Waals surface area contributed by atoms with Gasteiger partial charge in [-0.3, -0.25) is 9.89 Å². The van der Waals surface area contributed by atoms with Gasteiger partial charge in [0.25, 0.3) is 0 Å². The first-order valence-electron chi connectivity index (χ1n) is 10.4. The minimum absolute atomic E-state index is 0. The summed E-state index contributed by atoms with van der Waals surface area (Å²) >= 11 is 0. The fourth-order valence-electron chi connectivity index (χ4n) is 4.93. The van der Waals surface area contributed by atoms with Crippen molar-refractivity contribution in [2.75, 3.05) is 39.8 Å². The minimum atomic E-state index is 0. The molecule has 4 rings (SSSR count). The number of halogens is 1. The van der Waals surface area contributed by atoms with Gasteiger partial charge in [0.1, 0.15) is 5.76 Å². The van der Waals surface area contributed by atoms with Gasteiger partial charge in [-0.25, -0.2) is 0 Å². The van der Waals surface area contributed by atoms with Gasteiger partial charge in [-0.2, -0.15) is 0 Å². The topological polar surface area (TPSA) is 66.1 Å². The summed E-state index contributed by atoms with van der Waals surface area (Å²) in [5, 5.41) is 7.89. The highest BCUT2D eigenvalue weighted by Crippen LogP contribution is 2.57. The lowest BCUT2D eigenvalue weighted by Crippen LogP contribution is -2.69. The van der Waals surface area contributed by atoms with Crippen molar-refractivity contribution in [2.45, 2.75) is 58.2 Å². The summed E-state index contributed by atoms with van der Waals surface area (Å²) in [5.41, 5.74) is 1.38. The largest absolute Gasteiger partial charge is 0.378 e. The van der Waals surface area contributed by atoms with Gasteiger partial charge in [-0.15, -0.1) is 24.0 Å². The second kappa shape index (κ2) is 9.30. The third kappa shape index (κ3) is 4.18. The average Bonchev–Trinajstić information content (AvgIpc) is 3.02. The SMILES string of the molecule is CCOC1CC(NC(=NC)N2CCN(Cc3cc(C)on3)CC2)C12CCC2.I. The van der Waals surface area contributed by atoms with Crippen molar-refractivity contribution < 1.29 is 9.26 Å². The Bertz CT molecular complexity index is 667. The van der Waals surface area contributed by atoms with Crippen LogP contribution in [0.1, 0.15) is 44.1 Å². The minimum Gasteiger partial charge on any atom is -0.378 e. The maximum Gasteiger partial charge on any atom is 0.193 e. The van der Waals surface area contributed by atoms with Crippen molar-refractivity contribution in [1.29, 1.82) is 0 Å². The van der Waals surface area contributed by atoms with Crippen LogP contribution in [0, 0.1) is 12.3 Å². The van der Waals surface area contributed by atoms with Crippen molar-refractivity contribution in [3.63, 3.8) is 0 Å². The number of nitrogens with one attached hydrogen (secondary N) is 1. The van der Waals surface area contributed by atoms with Gasteiger partial charge < -0.3 is 19.5 Å². The molecule has 158 valence electrons. The Balaban J connectivity index is 0.00000225. The summed E-state index contributed by atoms with van der Waals surface area (Å²) in [7, 11) is 1.90. The lowest BCUT2D eigenvalue weighted by atomic mass is 9.51. The summed E-state index contributed by atoms with van der Waals surface area (Å²) in [6, 6.07) is 2.54. The van der Waals surface area contributed by atoms with E-state index in [1.165, 1.54) is 19.3 Å². The van der Waals surface area contributed by atoms with Gasteiger partial charge in [-0.05, 0) is 33.1 Å². The van der Waals surface area contributed by atoms with Crippen molar-refractivity contribution >= 4 is 29.9 Å². The van der Waals surface area contributed by atoms with E-state index in [9.17, 15) is 0 Å². The van der Waals surface area contributed by atoms with E-state index in [-0.39, 0.29) is 24.0 Å². The van der Waals surface area contributed by atoms with Gasteiger partial charge in [0.2, 0.25) is 0 Å². The molecule has 1 aliphatic heterocycles. The normalized spacial score (nSPS) is 27.1. The Hall–Kier alpha value is -0.870. The van der Waals surface area contributed by atoms with Crippen LogP contribution in [0.4, 0.5) is 0 Å². The first kappa shape index (κ1) is 21.8. The van der Waals surface area contributed by atoms with Crippen molar-refractivity contribution in [3.8, 4) is 0 Å². The zero-order valence-corrected chi connectivity index (χ0v) is 19.6. The molecule has 1 spiro atoms. The Morgan fingerprint density at radius 1 is 1.36 bits per heavy atom. The molecule has 2 heterocycles. The first-order chi connectivity index (χ1) is 13.1. The number of rotatable bonds is 5. The Kier molecular flexibility index (Phi) is 7.25. The lowest BCUT2D eigenvalue weighted by molar-refractivity contribution is -0.169. The molecule has 3 aliphatic rings. The maximum absolute atomic E-state index is 5.99. The predicted molar refractivity (Wildman–Crippen MR) is 120 cm³/mol. The first-order valence-corrected chi connectivity index (χ1v) is 10.4. The summed E-state index contributed by atoms with van der Waals surface area (Å²) < 4.78 is 11.2. The van der Waals surface area contributed by atoms with Gasteiger partial charge in [0, 0.05) is 63.9 Å². The van der Waals surface area contributed by atoms with E-state index in [0.717, 1.165) is 63.2 Å². The molecule has 2 saturated carbocycles. The summed E-state index contributed by atoms with van der Waals surface area (Å²) in [4.78, 5) is 9.41. The maximum atomic E-state index is 5.99. The highest BCUT2D eigenvalue weighted by Gasteiger charge is 2.59. The van der Waals surface area contributed by atoms with Gasteiger partial charge in [-0.1, -0.05) is 11.6 Å². The summed E-state index contributed by atoms with van der Waals surface area (Å²) in [6.07, 6.45) is 5.46. The molecule has 0 aromatic carbocycles. The van der Waals surface area contributed by atoms with Crippen LogP contribution in [0.5, 0.6) is 0 Å². The van der Waals surface area contributed by atoms with Crippen LogP contribution in [0.2, 0.25) is 0 Å². The standard InChI is InChI=1S/C20H33N5O2.HI/c1-4-26-18-13-17(20(18)6-5-7-20)22-19(21-3)25-10-8-24(9-11-25)14-16-12-15(2)27-23-16;/h12,17-18H,4-11,13-14H2,1-3H3,(H,21,22);1H. The monoisotopic (exact) mass is 503 g/mol. The Labute approximate surface area is 185 Å². The fraction of sp³-hybridized carbons (Fsp3) is 0.800. The molecule has 1 aromatic rings. The number of piperazine rings is 1. The molecular formula is C20H34IN5O2. The molecule has 0 amide bonds. The molecule has 0 bridgehead atoms. The number of aliphatic imine (C=N–C) groups is 1. The fourth-order valence-corrected chi connectivity index (χ4v) is 4.93. The van der Waals surface area contributed by atoms with Crippen LogP contribution in [0.3, 0.4) is 0 Å². The van der Waals surface area contributed by atoms with Gasteiger partial charge in [0.15, 0.2) is 5.96 Å². The molecule has 1 aromatic heterocycles. The van der Waals surface area contributed by atoms with Crippen LogP contribution in [0.25, 0.3) is 0 Å². The number of aromatic nitrogens is 1. The van der Waals surface area contributed by atoms with Crippen LogP contribution < -0.4 is 5.32 Å². The molecule has 2 unspecified atom stereocenters. The molecule has 7 nitrogen and oxygen atoms in total. The molecular weight excluding hydrogens is 469 g/mol. The number of ether oxygens (including phenoxy) is 1. The second-order valence-corrected chi connectivity index (χ2v) is 8.20. The van der Waals surface area contributed by atoms with Crippen LogP contribution in [0.15, 0.2) is 15.6 Å². The van der Waals surface area contributed by atoms with Gasteiger partial charge >= 0.3 is 0 Å². The molecule has 1 saturated heterocycles. The van der Waals surface area contributed by atoms with E-state index >= 15 is 0 Å². The summed E-state index contributed by atoms with van der Waals surface area (Å²) in [5.74, 6) is 1.93. The predicted octanol–water partition coefficient (Wildman–Crippen LogP) is 2.64. The number of aryl methyl sites for hydroxylation is 1. The zero-order chi connectivity index (χ0) is 18.9. The molecule has 1 N–H and O–H groups in total. The quantitative estimate of drug-likeness (QED) is 0.379. The summed E-state index contributed by atoms with van der Waals surface area (Å²) in [6.45, 7) is 9.74. The van der Waals surface area contributed by atoms with Crippen LogP contribution >= 0.6 is 24.0 Å². The van der Waals surface area contributed by atoms with E-state index in [1.54, 1.807) is 0 Å². The van der Waals surface area contributed by atoms with Crippen molar-refractivity contribution in [2.24, 2.45) is 10.4 Å². The number of hydrogen-bond donors (Lipinski definition) is 1. The Morgan fingerprint density at radius 2 is 2.11 bits per heavy atom. The van der Waals surface area contributed by atoms with Gasteiger partial charge in [0.05, 0.1) is 11.8 Å². The highest BCUT2D eigenvalue weighted by atomic mass is 127. The molecule has 0 radical (unpaired) electrons. The average molecular weight is 503 g/mol. The molecule has 28 heavy (non-hydrogen) atoms. The zero-order valence-electron chi connectivity index (χ0n) is 17.3. The van der Waals surface area contributed by atoms with Crippen molar-refractivity contribution in [1.82, 2.24) is 20.3 Å². The third-order valence-corrected chi connectivity index (χ3v) is 6.69. The molecule has 2 atom stereocenters. The molecule has 3 fully saturated rings. The number of nitrogens with zero attached hydrogens (tertiary/aromatic N) is 4. The van der Waals surface area contributed by atoms with Crippen molar-refractivity contribution in [3.05, 3.63) is 17.5 Å². The van der Waals surface area contributed by atoms with E-state index in [0.29, 0.717) is 17.6 Å². The van der Waals surface area contributed by atoms with E-state index in [4.69, 9.17) is 9.26 Å². The smallest absolute Gasteiger partial charge is 0.193 e. The van der Waals surface area contributed by atoms with E-state index in [2.05, 4.69) is 32.2 Å². The van der Waals surface area contributed by atoms with E-state index in [1.807, 2.05) is 20.0 Å². The number of hydrogen-bond acceptors (Lipinski definition) is 5. The second-order valence-electron chi connectivity index (χ2n) is 8.20. The highest BCUT2D eigenvalue weighted by molar-refractivity contribution is 14.0. The molecule has 2 aliphatic carbocycles. The van der Waals surface area contributed by atoms with Crippen LogP contribution in [-0.2, 0) is 11.3 Å². The third-order valence-electron chi connectivity index (χ3n) is 6.69. The Morgan fingerprint density at radius 3 is 2.64 bits per heavy atom. The van der Waals surface area contributed by atoms with E-state index < -0.39 is 0 Å². The molecule has 8 heteroatoms. The van der Waals surface area contributed by atoms with Crippen LogP contribution in [-0.4, -0.2) is 72.9 Å². The lowest BCUT2D eigenvalue weighted by Gasteiger charge is -2.61.